The number of aromatic nitrogens is 2. The SMILES string of the molecule is Cn1cnc(I)c1C=C1C(=O)NC(=S)N(c2ccc(Cl)cc2)C1=O. The molecule has 6 nitrogen and oxygen atoms in total. The third-order valence-electron chi connectivity index (χ3n) is 3.40. The van der Waals surface area contributed by atoms with Crippen LogP contribution in [0.2, 0.25) is 5.02 Å². The van der Waals surface area contributed by atoms with Crippen LogP contribution in [0.4, 0.5) is 5.69 Å². The van der Waals surface area contributed by atoms with Crippen molar-refractivity contribution in [3.05, 3.63) is 50.6 Å². The van der Waals surface area contributed by atoms with E-state index in [-0.39, 0.29) is 10.7 Å². The minimum Gasteiger partial charge on any atom is -0.333 e. The summed E-state index contributed by atoms with van der Waals surface area (Å²) in [5.74, 6) is -1.03. The number of nitrogens with zero attached hydrogens (tertiary/aromatic N) is 3. The molecule has 0 saturated carbocycles. The number of halogens is 2. The predicted octanol–water partition coefficient (Wildman–Crippen LogP) is 2.51. The Labute approximate surface area is 161 Å². The Morgan fingerprint density at radius 2 is 1.96 bits per heavy atom. The van der Waals surface area contributed by atoms with Gasteiger partial charge in [-0.05, 0) is 65.2 Å². The molecule has 1 fully saturated rings. The normalized spacial score (nSPS) is 16.7. The van der Waals surface area contributed by atoms with E-state index in [4.69, 9.17) is 23.8 Å². The number of carbonyl (C=O) groups excluding carboxylic acids is 2. The Bertz CT molecular complexity index is 872. The molecule has 0 bridgehead atoms. The zero-order valence-corrected chi connectivity index (χ0v) is 16.0. The maximum absolute atomic E-state index is 12.8. The van der Waals surface area contributed by atoms with Crippen LogP contribution in [-0.2, 0) is 16.6 Å². The Balaban J connectivity index is 2.05. The van der Waals surface area contributed by atoms with Gasteiger partial charge in [0.05, 0.1) is 17.7 Å². The molecule has 0 atom stereocenters. The standard InChI is InChI=1S/C15H10ClIN4O2S/c1-20-7-18-12(17)11(20)6-10-13(22)19-15(24)21(14(10)23)9-4-2-8(16)3-5-9/h2-7H,1H3,(H,19,22,24). The number of hydrogen-bond acceptors (Lipinski definition) is 4. The number of carbonyl (C=O) groups is 2. The first-order valence-corrected chi connectivity index (χ1v) is 8.59. The van der Waals surface area contributed by atoms with E-state index in [0.717, 1.165) is 0 Å². The van der Waals surface area contributed by atoms with Crippen LogP contribution in [0.25, 0.3) is 6.08 Å². The molecule has 2 aromatic rings. The molecule has 24 heavy (non-hydrogen) atoms. The first-order valence-electron chi connectivity index (χ1n) is 6.72. The smallest absolute Gasteiger partial charge is 0.270 e. The lowest BCUT2D eigenvalue weighted by atomic mass is 10.1. The van der Waals surface area contributed by atoms with Crippen LogP contribution in [0.5, 0.6) is 0 Å². The number of nitrogens with one attached hydrogen (secondary N) is 1. The molecule has 2 amide bonds. The molecule has 2 heterocycles. The summed E-state index contributed by atoms with van der Waals surface area (Å²) in [5, 5.41) is 3.11. The molecular formula is C15H10ClIN4O2S. The van der Waals surface area contributed by atoms with Gasteiger partial charge < -0.3 is 4.57 Å². The summed E-state index contributed by atoms with van der Waals surface area (Å²) < 4.78 is 2.42. The van der Waals surface area contributed by atoms with E-state index in [1.165, 1.54) is 11.0 Å². The number of aryl methyl sites for hydroxylation is 1. The number of rotatable bonds is 2. The molecule has 0 unspecified atom stereocenters. The third kappa shape index (κ3) is 3.08. The van der Waals surface area contributed by atoms with Crippen molar-refractivity contribution in [2.45, 2.75) is 0 Å². The molecule has 0 radical (unpaired) electrons. The predicted molar refractivity (Wildman–Crippen MR) is 104 cm³/mol. The lowest BCUT2D eigenvalue weighted by Crippen LogP contribution is -2.54. The van der Waals surface area contributed by atoms with E-state index in [1.807, 2.05) is 22.6 Å². The number of thiocarbonyl (C=S) groups is 1. The lowest BCUT2D eigenvalue weighted by molar-refractivity contribution is -0.122. The number of benzene rings is 1. The molecule has 1 aromatic carbocycles. The first kappa shape index (κ1) is 17.1. The van der Waals surface area contributed by atoms with Crippen LogP contribution in [-0.4, -0.2) is 26.5 Å². The van der Waals surface area contributed by atoms with Gasteiger partial charge in [0.15, 0.2) is 5.11 Å². The van der Waals surface area contributed by atoms with E-state index in [1.54, 1.807) is 42.2 Å². The van der Waals surface area contributed by atoms with E-state index < -0.39 is 11.8 Å². The van der Waals surface area contributed by atoms with Crippen LogP contribution < -0.4 is 10.2 Å². The van der Waals surface area contributed by atoms with Crippen molar-refractivity contribution in [3.63, 3.8) is 0 Å². The van der Waals surface area contributed by atoms with Gasteiger partial charge in [-0.1, -0.05) is 11.6 Å². The molecule has 1 aliphatic rings. The fourth-order valence-corrected chi connectivity index (χ4v) is 3.26. The zero-order valence-electron chi connectivity index (χ0n) is 12.3. The molecule has 1 saturated heterocycles. The van der Waals surface area contributed by atoms with Gasteiger partial charge in [-0.15, -0.1) is 0 Å². The van der Waals surface area contributed by atoms with Gasteiger partial charge in [-0.2, -0.15) is 0 Å². The van der Waals surface area contributed by atoms with Crippen molar-refractivity contribution in [2.24, 2.45) is 7.05 Å². The van der Waals surface area contributed by atoms with Crippen LogP contribution >= 0.6 is 46.4 Å². The Hall–Kier alpha value is -1.78. The number of imidazole rings is 1. The molecule has 0 aliphatic carbocycles. The highest BCUT2D eigenvalue weighted by molar-refractivity contribution is 14.1. The molecule has 0 spiro atoms. The monoisotopic (exact) mass is 472 g/mol. The third-order valence-corrected chi connectivity index (χ3v) is 4.77. The Kier molecular flexibility index (Phi) is 4.70. The van der Waals surface area contributed by atoms with Crippen molar-refractivity contribution in [1.29, 1.82) is 0 Å². The van der Waals surface area contributed by atoms with E-state index in [9.17, 15) is 9.59 Å². The Morgan fingerprint density at radius 3 is 2.54 bits per heavy atom. The minimum atomic E-state index is -0.535. The molecule has 9 heteroatoms. The van der Waals surface area contributed by atoms with Crippen molar-refractivity contribution in [2.75, 3.05) is 4.90 Å². The second kappa shape index (κ2) is 6.61. The van der Waals surface area contributed by atoms with Crippen LogP contribution in [0.3, 0.4) is 0 Å². The van der Waals surface area contributed by atoms with Crippen LogP contribution in [0, 0.1) is 3.70 Å². The highest BCUT2D eigenvalue weighted by atomic mass is 127. The largest absolute Gasteiger partial charge is 0.333 e. The van der Waals surface area contributed by atoms with E-state index in [2.05, 4.69) is 10.3 Å². The van der Waals surface area contributed by atoms with Crippen molar-refractivity contribution in [3.8, 4) is 0 Å². The summed E-state index contributed by atoms with van der Waals surface area (Å²) in [6.45, 7) is 0. The second-order valence-electron chi connectivity index (χ2n) is 4.97. The van der Waals surface area contributed by atoms with E-state index >= 15 is 0 Å². The van der Waals surface area contributed by atoms with Gasteiger partial charge in [-0.25, -0.2) is 4.98 Å². The summed E-state index contributed by atoms with van der Waals surface area (Å²) in [4.78, 5) is 30.5. The highest BCUT2D eigenvalue weighted by Crippen LogP contribution is 2.24. The van der Waals surface area contributed by atoms with Gasteiger partial charge in [0.2, 0.25) is 0 Å². The summed E-state index contributed by atoms with van der Waals surface area (Å²) in [6, 6.07) is 6.62. The van der Waals surface area contributed by atoms with Gasteiger partial charge in [-0.3, -0.25) is 19.8 Å². The molecular weight excluding hydrogens is 463 g/mol. The second-order valence-corrected chi connectivity index (χ2v) is 6.81. The van der Waals surface area contributed by atoms with Crippen LogP contribution in [0.15, 0.2) is 36.2 Å². The van der Waals surface area contributed by atoms with Crippen molar-refractivity contribution < 1.29 is 9.59 Å². The molecule has 3 rings (SSSR count). The first-order chi connectivity index (χ1) is 11.4. The fraction of sp³-hybridized carbons (Fsp3) is 0.0667. The lowest BCUT2D eigenvalue weighted by Gasteiger charge is -2.28. The Morgan fingerprint density at radius 1 is 1.29 bits per heavy atom. The fourth-order valence-electron chi connectivity index (χ4n) is 2.19. The van der Waals surface area contributed by atoms with Gasteiger partial charge in [0.25, 0.3) is 11.8 Å². The molecule has 1 N–H and O–H groups in total. The quantitative estimate of drug-likeness (QED) is 0.316. The zero-order chi connectivity index (χ0) is 17.4. The number of amides is 2. The molecule has 1 aliphatic heterocycles. The molecule has 122 valence electrons. The summed E-state index contributed by atoms with van der Waals surface area (Å²) >= 11 is 13.1. The number of hydrogen-bond donors (Lipinski definition) is 1. The average Bonchev–Trinajstić information content (AvgIpc) is 2.84. The number of anilines is 1. The highest BCUT2D eigenvalue weighted by Gasteiger charge is 2.34. The summed E-state index contributed by atoms with van der Waals surface area (Å²) in [5.41, 5.74) is 1.18. The maximum atomic E-state index is 12.8. The summed E-state index contributed by atoms with van der Waals surface area (Å²) in [6.07, 6.45) is 3.12. The maximum Gasteiger partial charge on any atom is 0.270 e. The topological polar surface area (TPSA) is 67.2 Å². The van der Waals surface area contributed by atoms with Gasteiger partial charge in [0.1, 0.15) is 9.27 Å². The van der Waals surface area contributed by atoms with E-state index in [0.29, 0.717) is 20.1 Å². The van der Waals surface area contributed by atoms with Crippen molar-refractivity contribution in [1.82, 2.24) is 14.9 Å². The van der Waals surface area contributed by atoms with Gasteiger partial charge in [0, 0.05) is 12.1 Å². The summed E-state index contributed by atoms with van der Waals surface area (Å²) in [7, 11) is 1.79. The van der Waals surface area contributed by atoms with Crippen LogP contribution in [0.1, 0.15) is 5.69 Å². The molecule has 1 aromatic heterocycles. The van der Waals surface area contributed by atoms with Gasteiger partial charge >= 0.3 is 0 Å². The van der Waals surface area contributed by atoms with Crippen molar-refractivity contribution >= 4 is 75.1 Å². The average molecular weight is 473 g/mol. The minimum absolute atomic E-state index is 0.0138.